The summed E-state index contributed by atoms with van der Waals surface area (Å²) in [4.78, 5) is 21.5. The van der Waals surface area contributed by atoms with Crippen LogP contribution in [0.4, 0.5) is 5.69 Å². The maximum atomic E-state index is 13.7. The summed E-state index contributed by atoms with van der Waals surface area (Å²) in [5, 5.41) is 0.540. The molecular formula is C43H59ClN4O5S. The molecule has 0 radical (unpaired) electrons. The molecule has 294 valence electrons. The fourth-order valence-electron chi connectivity index (χ4n) is 9.85. The van der Waals surface area contributed by atoms with Crippen LogP contribution in [0.2, 0.25) is 5.02 Å². The van der Waals surface area contributed by atoms with Gasteiger partial charge in [0.25, 0.3) is 5.91 Å². The number of rotatable bonds is 5. The van der Waals surface area contributed by atoms with E-state index >= 15 is 0 Å². The lowest BCUT2D eigenvalue weighted by atomic mass is 9.66. The zero-order valence-corrected chi connectivity index (χ0v) is 34.1. The topological polar surface area (TPSA) is 83.6 Å². The lowest BCUT2D eigenvalue weighted by Crippen LogP contribution is -2.66. The molecule has 2 bridgehead atoms. The number of halogens is 1. The van der Waals surface area contributed by atoms with Gasteiger partial charge in [0.05, 0.1) is 43.4 Å². The van der Waals surface area contributed by atoms with Crippen molar-refractivity contribution in [1.82, 2.24) is 14.5 Å². The third kappa shape index (κ3) is 7.40. The van der Waals surface area contributed by atoms with Gasteiger partial charge in [0, 0.05) is 61.2 Å². The number of benzene rings is 2. The summed E-state index contributed by atoms with van der Waals surface area (Å²) < 4.78 is 36.2. The highest BCUT2D eigenvalue weighted by Crippen LogP contribution is 2.50. The zero-order valence-electron chi connectivity index (χ0n) is 32.6. The number of carbonyl (C=O) groups is 1. The molecule has 54 heavy (non-hydrogen) atoms. The Morgan fingerprint density at radius 1 is 1.07 bits per heavy atom. The van der Waals surface area contributed by atoms with E-state index in [9.17, 15) is 9.00 Å². The molecule has 4 heterocycles. The first kappa shape index (κ1) is 38.4. The number of hydrogen-bond donors (Lipinski definition) is 1. The van der Waals surface area contributed by atoms with Crippen molar-refractivity contribution in [3.05, 3.63) is 70.3 Å². The van der Waals surface area contributed by atoms with E-state index in [1.165, 1.54) is 11.1 Å². The molecule has 6 aliphatic rings. The van der Waals surface area contributed by atoms with Gasteiger partial charge >= 0.3 is 0 Å². The van der Waals surface area contributed by atoms with Crippen LogP contribution in [-0.4, -0.2) is 103 Å². The van der Waals surface area contributed by atoms with E-state index < -0.39 is 16.7 Å². The Balaban J connectivity index is 1.20. The van der Waals surface area contributed by atoms with Gasteiger partial charge < -0.3 is 19.1 Å². The third-order valence-corrected chi connectivity index (χ3v) is 15.3. The van der Waals surface area contributed by atoms with Gasteiger partial charge in [0.2, 0.25) is 0 Å². The average molecular weight is 779 g/mol. The normalized spacial score (nSPS) is 34.5. The highest BCUT2D eigenvalue weighted by molar-refractivity contribution is 7.84. The van der Waals surface area contributed by atoms with Gasteiger partial charge in [-0.2, -0.15) is 0 Å². The van der Waals surface area contributed by atoms with Gasteiger partial charge in [-0.1, -0.05) is 44.5 Å². The molecule has 3 fully saturated rings. The fraction of sp³-hybridized carbons (Fsp3) is 0.651. The van der Waals surface area contributed by atoms with Crippen LogP contribution in [-0.2, 0) is 32.3 Å². The zero-order chi connectivity index (χ0) is 37.6. The minimum atomic E-state index is -1.55. The number of nitrogens with one attached hydrogen (secondary N) is 1. The predicted octanol–water partition coefficient (Wildman–Crippen LogP) is 6.60. The summed E-state index contributed by atoms with van der Waals surface area (Å²) in [5.41, 5.74) is 3.30. The molecule has 2 saturated heterocycles. The Bertz CT molecular complexity index is 1750. The van der Waals surface area contributed by atoms with Gasteiger partial charge in [-0.05, 0) is 111 Å². The lowest BCUT2D eigenvalue weighted by molar-refractivity contribution is -0.206. The Morgan fingerprint density at radius 2 is 1.89 bits per heavy atom. The smallest absolute Gasteiger partial charge is 0.263 e. The van der Waals surface area contributed by atoms with E-state index in [1.54, 1.807) is 0 Å². The number of amides is 1. The highest BCUT2D eigenvalue weighted by Gasteiger charge is 2.53. The second kappa shape index (κ2) is 15.8. The Hall–Kier alpha value is -2.47. The van der Waals surface area contributed by atoms with Crippen molar-refractivity contribution in [2.24, 2.45) is 23.7 Å². The number of anilines is 1. The maximum Gasteiger partial charge on any atom is 0.263 e. The first-order valence-corrected chi connectivity index (χ1v) is 22.0. The average Bonchev–Trinajstić information content (AvgIpc) is 3.27. The first-order valence-electron chi connectivity index (χ1n) is 20.5. The molecule has 8 rings (SSSR count). The predicted molar refractivity (Wildman–Crippen MR) is 216 cm³/mol. The van der Waals surface area contributed by atoms with Crippen LogP contribution in [0.25, 0.3) is 0 Å². The van der Waals surface area contributed by atoms with Crippen molar-refractivity contribution in [1.29, 1.82) is 0 Å². The SMILES string of the molecule is CC(C)CO[C@@]1(N2CCN(C3COC3)CC2)/C=C/CC(C)C(C)S(=O)NC(=O)c2ccc3c(c2)N(CC2CCC21)CC1(CCCc2cc(Cl)ccc21)CO3. The van der Waals surface area contributed by atoms with E-state index in [-0.39, 0.29) is 28.4 Å². The molecule has 2 aliphatic carbocycles. The Morgan fingerprint density at radius 3 is 2.61 bits per heavy atom. The van der Waals surface area contributed by atoms with Crippen LogP contribution in [0.3, 0.4) is 0 Å². The second-order valence-corrected chi connectivity index (χ2v) is 19.4. The van der Waals surface area contributed by atoms with Gasteiger partial charge in [0.1, 0.15) is 22.5 Å². The molecule has 11 heteroatoms. The number of hydrogen-bond acceptors (Lipinski definition) is 8. The Labute approximate surface area is 329 Å². The number of allylic oxidation sites excluding steroid dienone is 1. The molecule has 2 aromatic rings. The van der Waals surface area contributed by atoms with Crippen molar-refractivity contribution in [3.8, 4) is 5.75 Å². The van der Waals surface area contributed by atoms with Crippen LogP contribution in [0.1, 0.15) is 81.3 Å². The molecule has 4 aliphatic heterocycles. The maximum absolute atomic E-state index is 13.7. The molecule has 1 amide bonds. The van der Waals surface area contributed by atoms with Gasteiger partial charge in [-0.15, -0.1) is 0 Å². The molecule has 6 unspecified atom stereocenters. The third-order valence-electron chi connectivity index (χ3n) is 13.5. The van der Waals surface area contributed by atoms with Crippen molar-refractivity contribution >= 4 is 34.2 Å². The van der Waals surface area contributed by atoms with E-state index in [0.29, 0.717) is 36.7 Å². The molecule has 1 spiro atoms. The molecule has 9 nitrogen and oxygen atoms in total. The fourth-order valence-corrected chi connectivity index (χ4v) is 11.1. The molecule has 0 aromatic heterocycles. The van der Waals surface area contributed by atoms with Crippen molar-refractivity contribution < 1.29 is 23.2 Å². The highest BCUT2D eigenvalue weighted by atomic mass is 35.5. The molecular weight excluding hydrogens is 720 g/mol. The number of ether oxygens (including phenoxy) is 3. The van der Waals surface area contributed by atoms with Crippen LogP contribution < -0.4 is 14.4 Å². The van der Waals surface area contributed by atoms with Gasteiger partial charge in [-0.3, -0.25) is 19.3 Å². The van der Waals surface area contributed by atoms with Crippen molar-refractivity contribution in [2.75, 3.05) is 70.6 Å². The van der Waals surface area contributed by atoms with E-state index in [4.69, 9.17) is 25.8 Å². The van der Waals surface area contributed by atoms with Gasteiger partial charge in [0.15, 0.2) is 0 Å². The summed E-state index contributed by atoms with van der Waals surface area (Å²) in [6, 6.07) is 12.7. The van der Waals surface area contributed by atoms with Crippen molar-refractivity contribution in [2.45, 2.75) is 88.7 Å². The molecule has 1 N–H and O–H groups in total. The summed E-state index contributed by atoms with van der Waals surface area (Å²) in [6.45, 7) is 17.0. The molecule has 7 atom stereocenters. The minimum absolute atomic E-state index is 0.0890. The second-order valence-electron chi connectivity index (χ2n) is 17.5. The number of carbonyl (C=O) groups excluding carboxylic acids is 1. The van der Waals surface area contributed by atoms with Gasteiger partial charge in [-0.25, -0.2) is 4.21 Å². The van der Waals surface area contributed by atoms with Crippen LogP contribution in [0, 0.1) is 23.7 Å². The molecule has 1 saturated carbocycles. The number of nitrogens with zero attached hydrogens (tertiary/aromatic N) is 3. The standard InChI is InChI=1S/C43H59ClN4O5S/c1-29(2)24-53-43(48-19-17-46(18-20-48)36-25-51-26-36)16-5-7-30(3)31(4)54(50)45-41(49)33-10-14-40-39(22-33)47(23-34-9-12-38(34)43)27-42(28-52-40)15-6-8-32-21-35(44)11-13-37(32)42/h5,10-11,13-14,16,21-22,29-31,34,36,38H,6-9,12,15,17-20,23-28H2,1-4H3,(H,45,49)/b16-5+/t30?,31?,34?,38?,42?,43-,54?/m0/s1. The van der Waals surface area contributed by atoms with E-state index in [1.807, 2.05) is 31.2 Å². The minimum Gasteiger partial charge on any atom is -0.490 e. The first-order chi connectivity index (χ1) is 26.0. The number of piperazine rings is 1. The Kier molecular flexibility index (Phi) is 11.2. The largest absolute Gasteiger partial charge is 0.490 e. The van der Waals surface area contributed by atoms with Crippen LogP contribution in [0.15, 0.2) is 48.6 Å². The summed E-state index contributed by atoms with van der Waals surface area (Å²) in [7, 11) is -1.55. The number of aryl methyl sites for hydroxylation is 1. The van der Waals surface area contributed by atoms with E-state index in [2.05, 4.69) is 64.5 Å². The quantitative estimate of drug-likeness (QED) is 0.340. The van der Waals surface area contributed by atoms with E-state index in [0.717, 1.165) is 107 Å². The summed E-state index contributed by atoms with van der Waals surface area (Å²) >= 11 is 6.54. The van der Waals surface area contributed by atoms with Crippen molar-refractivity contribution in [3.63, 3.8) is 0 Å². The molecule has 2 aromatic carbocycles. The number of fused-ring (bicyclic) bond motifs is 4. The summed E-state index contributed by atoms with van der Waals surface area (Å²) in [6.07, 6.45) is 10.7. The van der Waals surface area contributed by atoms with Crippen LogP contribution in [0.5, 0.6) is 5.75 Å². The summed E-state index contributed by atoms with van der Waals surface area (Å²) in [5.74, 6) is 1.61. The monoisotopic (exact) mass is 778 g/mol. The lowest BCUT2D eigenvalue weighted by Gasteiger charge is -2.57. The van der Waals surface area contributed by atoms with Crippen LogP contribution >= 0.6 is 11.6 Å².